The highest BCUT2D eigenvalue weighted by Crippen LogP contribution is 2.44. The summed E-state index contributed by atoms with van der Waals surface area (Å²) in [6, 6.07) is 5.04. The summed E-state index contributed by atoms with van der Waals surface area (Å²) < 4.78 is 8.64. The molecule has 154 valence electrons. The minimum absolute atomic E-state index is 0.106. The van der Waals surface area contributed by atoms with Crippen molar-refractivity contribution in [1.29, 1.82) is 0 Å². The monoisotopic (exact) mass is 393 g/mol. The van der Waals surface area contributed by atoms with Crippen LogP contribution in [0.1, 0.15) is 70.4 Å². The molecule has 0 bridgehead atoms. The molecule has 29 heavy (non-hydrogen) atoms. The number of rotatable bonds is 5. The zero-order chi connectivity index (χ0) is 20.0. The van der Waals surface area contributed by atoms with Gasteiger partial charge in [0, 0.05) is 35.9 Å². The van der Waals surface area contributed by atoms with Crippen molar-refractivity contribution in [3.05, 3.63) is 30.1 Å². The molecule has 0 N–H and O–H groups in total. The summed E-state index contributed by atoms with van der Waals surface area (Å²) in [5, 5.41) is 4.60. The summed E-state index contributed by atoms with van der Waals surface area (Å²) in [5.74, 6) is 1.73. The largest absolute Gasteiger partial charge is 0.492 e. The highest BCUT2D eigenvalue weighted by molar-refractivity contribution is 5.95. The normalized spacial score (nSPS) is 22.0. The molecular formula is C24H31N3O2. The molecule has 3 aliphatic rings. The van der Waals surface area contributed by atoms with Crippen molar-refractivity contribution in [1.82, 2.24) is 9.78 Å². The van der Waals surface area contributed by atoms with Gasteiger partial charge in [-0.3, -0.25) is 9.48 Å². The van der Waals surface area contributed by atoms with Crippen LogP contribution in [0, 0.1) is 5.92 Å². The smallest absolute Gasteiger partial charge is 0.224 e. The highest BCUT2D eigenvalue weighted by Gasteiger charge is 2.31. The lowest BCUT2D eigenvalue weighted by Crippen LogP contribution is -2.40. The predicted molar refractivity (Wildman–Crippen MR) is 114 cm³/mol. The van der Waals surface area contributed by atoms with E-state index >= 15 is 0 Å². The summed E-state index contributed by atoms with van der Waals surface area (Å²) in [6.45, 7) is 4.57. The van der Waals surface area contributed by atoms with Gasteiger partial charge in [0.25, 0.3) is 0 Å². The third kappa shape index (κ3) is 3.56. The van der Waals surface area contributed by atoms with Gasteiger partial charge >= 0.3 is 0 Å². The number of carbonyl (C=O) groups excluding carboxylic acids is 1. The molecule has 0 spiro atoms. The van der Waals surface area contributed by atoms with Gasteiger partial charge < -0.3 is 9.64 Å². The van der Waals surface area contributed by atoms with Gasteiger partial charge in [0.2, 0.25) is 5.91 Å². The molecule has 2 heterocycles. The zero-order valence-corrected chi connectivity index (χ0v) is 17.6. The van der Waals surface area contributed by atoms with E-state index in [0.29, 0.717) is 12.0 Å². The van der Waals surface area contributed by atoms with Gasteiger partial charge in [0.15, 0.2) is 0 Å². The van der Waals surface area contributed by atoms with Crippen LogP contribution in [0.2, 0.25) is 0 Å². The maximum atomic E-state index is 12.4. The van der Waals surface area contributed by atoms with Gasteiger partial charge in [-0.2, -0.15) is 5.10 Å². The van der Waals surface area contributed by atoms with E-state index < -0.39 is 0 Å². The van der Waals surface area contributed by atoms with Gasteiger partial charge in [-0.15, -0.1) is 0 Å². The third-order valence-electron chi connectivity index (χ3n) is 6.86. The van der Waals surface area contributed by atoms with E-state index in [9.17, 15) is 4.79 Å². The van der Waals surface area contributed by atoms with Gasteiger partial charge in [0.1, 0.15) is 5.75 Å². The summed E-state index contributed by atoms with van der Waals surface area (Å²) in [5.41, 5.74) is 4.45. The first-order chi connectivity index (χ1) is 14.1. The Morgan fingerprint density at radius 2 is 1.97 bits per heavy atom. The van der Waals surface area contributed by atoms with E-state index in [1.165, 1.54) is 44.1 Å². The third-order valence-corrected chi connectivity index (χ3v) is 6.86. The van der Waals surface area contributed by atoms with Crippen molar-refractivity contribution in [2.24, 2.45) is 5.92 Å². The molecule has 2 fully saturated rings. The lowest BCUT2D eigenvalue weighted by atomic mass is 9.92. The van der Waals surface area contributed by atoms with E-state index in [1.807, 2.05) is 11.1 Å². The molecule has 1 amide bonds. The molecule has 0 radical (unpaired) electrons. The van der Waals surface area contributed by atoms with E-state index in [2.05, 4.69) is 35.0 Å². The molecular weight excluding hydrogens is 362 g/mol. The zero-order valence-electron chi connectivity index (χ0n) is 17.6. The molecule has 1 aromatic carbocycles. The standard InChI is InChI=1S/C24H31N3O2/c1-16-7-10-22-23(27(16)17(2)28)12-11-21(19-13-25-26(14-19)20-8-9-20)24(22)29-15-18-5-3-4-6-18/h11-14,16,18,20H,3-10,15H2,1-2H3. The molecule has 0 saturated heterocycles. The van der Waals surface area contributed by atoms with Crippen LogP contribution in [0.25, 0.3) is 11.1 Å². The molecule has 5 heteroatoms. The van der Waals surface area contributed by atoms with Crippen molar-refractivity contribution >= 4 is 11.6 Å². The first-order valence-electron chi connectivity index (χ1n) is 11.2. The molecule has 2 aromatic rings. The SMILES string of the molecule is CC(=O)N1c2ccc(-c3cnn(C4CC4)c3)c(OCC3CCCC3)c2CCC1C. The molecule has 1 unspecified atom stereocenters. The van der Waals surface area contributed by atoms with E-state index in [0.717, 1.165) is 42.0 Å². The fourth-order valence-electron chi connectivity index (χ4n) is 5.07. The Bertz CT molecular complexity index is 909. The van der Waals surface area contributed by atoms with E-state index in [4.69, 9.17) is 4.74 Å². The van der Waals surface area contributed by atoms with Crippen LogP contribution in [0.4, 0.5) is 5.69 Å². The van der Waals surface area contributed by atoms with Crippen LogP contribution in [0.15, 0.2) is 24.5 Å². The second-order valence-electron chi connectivity index (χ2n) is 9.12. The van der Waals surface area contributed by atoms with Gasteiger partial charge in [0.05, 0.1) is 24.5 Å². The predicted octanol–water partition coefficient (Wildman–Crippen LogP) is 5.14. The maximum Gasteiger partial charge on any atom is 0.224 e. The number of aromatic nitrogens is 2. The van der Waals surface area contributed by atoms with Crippen molar-refractivity contribution in [3.8, 4) is 16.9 Å². The molecule has 5 nitrogen and oxygen atoms in total. The maximum absolute atomic E-state index is 12.4. The van der Waals surface area contributed by atoms with Crippen molar-refractivity contribution < 1.29 is 9.53 Å². The first-order valence-corrected chi connectivity index (χ1v) is 11.2. The second-order valence-corrected chi connectivity index (χ2v) is 9.12. The Labute approximate surface area is 173 Å². The summed E-state index contributed by atoms with van der Waals surface area (Å²) in [6.07, 6.45) is 13.7. The van der Waals surface area contributed by atoms with Gasteiger partial charge in [-0.05, 0) is 63.5 Å². The number of hydrogen-bond donors (Lipinski definition) is 0. The Kier molecular flexibility index (Phi) is 4.84. The quantitative estimate of drug-likeness (QED) is 0.706. The van der Waals surface area contributed by atoms with E-state index in [-0.39, 0.29) is 11.9 Å². The number of nitrogens with zero attached hydrogens (tertiary/aromatic N) is 3. The molecule has 1 aromatic heterocycles. The van der Waals surface area contributed by atoms with Crippen molar-refractivity contribution in [3.63, 3.8) is 0 Å². The Morgan fingerprint density at radius 3 is 2.69 bits per heavy atom. The minimum Gasteiger partial charge on any atom is -0.492 e. The highest BCUT2D eigenvalue weighted by atomic mass is 16.5. The fraction of sp³-hybridized carbons (Fsp3) is 0.583. The first kappa shape index (κ1) is 18.7. The van der Waals surface area contributed by atoms with Crippen LogP contribution in [0.5, 0.6) is 5.75 Å². The van der Waals surface area contributed by atoms with Crippen LogP contribution >= 0.6 is 0 Å². The number of hydrogen-bond acceptors (Lipinski definition) is 3. The number of benzene rings is 1. The molecule has 5 rings (SSSR count). The lowest BCUT2D eigenvalue weighted by molar-refractivity contribution is -0.117. The summed E-state index contributed by atoms with van der Waals surface area (Å²) in [7, 11) is 0. The molecule has 1 aliphatic heterocycles. The van der Waals surface area contributed by atoms with Crippen LogP contribution < -0.4 is 9.64 Å². The second kappa shape index (κ2) is 7.51. The van der Waals surface area contributed by atoms with Gasteiger partial charge in [-0.1, -0.05) is 12.8 Å². The van der Waals surface area contributed by atoms with Crippen LogP contribution in [-0.2, 0) is 11.2 Å². The van der Waals surface area contributed by atoms with Crippen molar-refractivity contribution in [2.75, 3.05) is 11.5 Å². The number of anilines is 1. The Hall–Kier alpha value is -2.30. The number of ether oxygens (including phenoxy) is 1. The number of fused-ring (bicyclic) bond motifs is 1. The lowest BCUT2D eigenvalue weighted by Gasteiger charge is -2.36. The molecule has 2 aliphatic carbocycles. The average molecular weight is 394 g/mol. The Morgan fingerprint density at radius 1 is 1.17 bits per heavy atom. The minimum atomic E-state index is 0.106. The molecule has 1 atom stereocenters. The Balaban J connectivity index is 1.55. The topological polar surface area (TPSA) is 47.4 Å². The number of amides is 1. The average Bonchev–Trinajstić information content (AvgIpc) is 3.22. The summed E-state index contributed by atoms with van der Waals surface area (Å²) in [4.78, 5) is 14.3. The molecule has 2 saturated carbocycles. The van der Waals surface area contributed by atoms with Gasteiger partial charge in [-0.25, -0.2) is 0 Å². The summed E-state index contributed by atoms with van der Waals surface area (Å²) >= 11 is 0. The van der Waals surface area contributed by atoms with Crippen LogP contribution in [-0.4, -0.2) is 28.3 Å². The van der Waals surface area contributed by atoms with E-state index in [1.54, 1.807) is 6.92 Å². The van der Waals surface area contributed by atoms with Crippen LogP contribution in [0.3, 0.4) is 0 Å². The number of carbonyl (C=O) groups is 1. The van der Waals surface area contributed by atoms with Crippen molar-refractivity contribution in [2.45, 2.75) is 77.3 Å². The fourth-order valence-corrected chi connectivity index (χ4v) is 5.07.